The minimum Gasteiger partial charge on any atom is -0.478 e. The molecule has 0 atom stereocenters. The van der Waals surface area contributed by atoms with Gasteiger partial charge in [-0.3, -0.25) is 0 Å². The Balaban J connectivity index is 2.47. The first-order valence-corrected chi connectivity index (χ1v) is 7.11. The molecule has 0 spiro atoms. The summed E-state index contributed by atoms with van der Waals surface area (Å²) in [5, 5.41) is 17.5. The minimum absolute atomic E-state index is 0.441. The molecule has 3 nitrogen and oxygen atoms in total. The number of hydrogen-bond donors (Lipinski definition) is 1. The molecular formula is C19H12F3NO2. The quantitative estimate of drug-likeness (QED) is 0.649. The molecule has 2 rings (SSSR count). The highest BCUT2D eigenvalue weighted by molar-refractivity contribution is 5.84. The third kappa shape index (κ3) is 4.82. The molecule has 0 radical (unpaired) electrons. The summed E-state index contributed by atoms with van der Waals surface area (Å²) in [5.41, 5.74) is 1.35. The van der Waals surface area contributed by atoms with Crippen molar-refractivity contribution in [1.82, 2.24) is 0 Å². The average Bonchev–Trinajstić information content (AvgIpc) is 2.58. The van der Waals surface area contributed by atoms with Gasteiger partial charge in [-0.2, -0.15) is 18.4 Å². The Kier molecular flexibility index (Phi) is 5.40. The lowest BCUT2D eigenvalue weighted by atomic mass is 9.95. The Morgan fingerprint density at radius 2 is 1.52 bits per heavy atom. The van der Waals surface area contributed by atoms with Gasteiger partial charge in [0, 0.05) is 6.08 Å². The molecule has 126 valence electrons. The number of aliphatic carboxylic acids is 1. The Labute approximate surface area is 142 Å². The van der Waals surface area contributed by atoms with Crippen LogP contribution in [0.15, 0.2) is 66.8 Å². The molecule has 0 aromatic heterocycles. The van der Waals surface area contributed by atoms with E-state index in [9.17, 15) is 18.0 Å². The molecule has 0 aliphatic rings. The van der Waals surface area contributed by atoms with Crippen LogP contribution in [0, 0.1) is 11.3 Å². The molecule has 0 heterocycles. The molecule has 0 aliphatic carbocycles. The van der Waals surface area contributed by atoms with Gasteiger partial charge in [0.25, 0.3) is 0 Å². The molecule has 0 bridgehead atoms. The number of halogens is 3. The summed E-state index contributed by atoms with van der Waals surface area (Å²) in [6, 6.07) is 13.0. The molecule has 25 heavy (non-hydrogen) atoms. The van der Waals surface area contributed by atoms with Gasteiger partial charge in [0.2, 0.25) is 0 Å². The second-order valence-electron chi connectivity index (χ2n) is 5.04. The first-order valence-electron chi connectivity index (χ1n) is 7.11. The number of carboxylic acid groups (broad SMARTS) is 1. The summed E-state index contributed by atoms with van der Waals surface area (Å²) in [5.74, 6) is -1.14. The summed E-state index contributed by atoms with van der Waals surface area (Å²) in [7, 11) is 0. The van der Waals surface area contributed by atoms with Gasteiger partial charge >= 0.3 is 12.1 Å². The zero-order valence-corrected chi connectivity index (χ0v) is 12.8. The molecule has 0 unspecified atom stereocenters. The first-order chi connectivity index (χ1) is 11.8. The summed E-state index contributed by atoms with van der Waals surface area (Å²) >= 11 is 0. The fourth-order valence-electron chi connectivity index (χ4n) is 2.15. The van der Waals surface area contributed by atoms with Gasteiger partial charge in [0.05, 0.1) is 17.2 Å². The number of benzene rings is 2. The molecule has 0 saturated heterocycles. The van der Waals surface area contributed by atoms with E-state index in [0.29, 0.717) is 22.3 Å². The summed E-state index contributed by atoms with van der Waals surface area (Å²) in [6.07, 6.45) is -0.709. The summed E-state index contributed by atoms with van der Waals surface area (Å²) < 4.78 is 38.1. The third-order valence-corrected chi connectivity index (χ3v) is 3.35. The minimum atomic E-state index is -4.43. The smallest absolute Gasteiger partial charge is 0.416 e. The van der Waals surface area contributed by atoms with Gasteiger partial charge in [0.1, 0.15) is 0 Å². The van der Waals surface area contributed by atoms with E-state index < -0.39 is 17.7 Å². The zero-order chi connectivity index (χ0) is 18.4. The molecule has 2 aromatic carbocycles. The van der Waals surface area contributed by atoms with Crippen LogP contribution in [0.3, 0.4) is 0 Å². The molecule has 0 amide bonds. The highest BCUT2D eigenvalue weighted by atomic mass is 19.4. The van der Waals surface area contributed by atoms with Crippen LogP contribution in [-0.4, -0.2) is 11.1 Å². The molecule has 0 aliphatic heterocycles. The second-order valence-corrected chi connectivity index (χ2v) is 5.04. The van der Waals surface area contributed by atoms with E-state index in [-0.39, 0.29) is 0 Å². The van der Waals surface area contributed by atoms with Gasteiger partial charge in [-0.05, 0) is 41.0 Å². The largest absolute Gasteiger partial charge is 0.478 e. The third-order valence-electron chi connectivity index (χ3n) is 3.35. The van der Waals surface area contributed by atoms with E-state index in [4.69, 9.17) is 10.4 Å². The van der Waals surface area contributed by atoms with E-state index in [1.54, 1.807) is 24.3 Å². The van der Waals surface area contributed by atoms with Crippen LogP contribution < -0.4 is 0 Å². The number of rotatable bonds is 4. The van der Waals surface area contributed by atoms with Gasteiger partial charge in [-0.15, -0.1) is 0 Å². The van der Waals surface area contributed by atoms with E-state index in [1.807, 2.05) is 6.07 Å². The molecule has 2 aromatic rings. The zero-order valence-electron chi connectivity index (χ0n) is 12.8. The number of nitriles is 1. The maximum atomic E-state index is 12.7. The molecular weight excluding hydrogens is 331 g/mol. The number of hydrogen-bond acceptors (Lipinski definition) is 2. The standard InChI is InChI=1S/C19H12F3NO2/c20-19(21,22)16-10-8-15(9-11-16)17(2-1-3-18(24)25)14-6-4-13(12-23)5-7-14/h1-11H,(H,24,25)/b3-1+,17-2+. The van der Waals surface area contributed by atoms with Crippen molar-refractivity contribution in [3.63, 3.8) is 0 Å². The number of carbonyl (C=O) groups is 1. The highest BCUT2D eigenvalue weighted by Crippen LogP contribution is 2.31. The molecule has 0 saturated carbocycles. The molecule has 6 heteroatoms. The second kappa shape index (κ2) is 7.49. The SMILES string of the molecule is N#Cc1ccc(/C(=C\C=C\C(=O)O)c2ccc(C(F)(F)F)cc2)cc1. The number of allylic oxidation sites excluding steroid dienone is 2. The van der Waals surface area contributed by atoms with Crippen molar-refractivity contribution in [2.75, 3.05) is 0 Å². The van der Waals surface area contributed by atoms with Crippen LogP contribution in [0.2, 0.25) is 0 Å². The van der Waals surface area contributed by atoms with Crippen LogP contribution in [0.1, 0.15) is 22.3 Å². The number of carboxylic acids is 1. The van der Waals surface area contributed by atoms with Crippen molar-refractivity contribution in [2.45, 2.75) is 6.18 Å². The monoisotopic (exact) mass is 343 g/mol. The Morgan fingerprint density at radius 3 is 1.96 bits per heavy atom. The molecule has 1 N–H and O–H groups in total. The van der Waals surface area contributed by atoms with Crippen LogP contribution in [-0.2, 0) is 11.0 Å². The predicted octanol–water partition coefficient (Wildman–Crippen LogP) is 4.65. The fourth-order valence-corrected chi connectivity index (χ4v) is 2.15. The van der Waals surface area contributed by atoms with Crippen molar-refractivity contribution >= 4 is 11.5 Å². The summed E-state index contributed by atoms with van der Waals surface area (Å²) in [4.78, 5) is 10.6. The van der Waals surface area contributed by atoms with Crippen molar-refractivity contribution in [2.24, 2.45) is 0 Å². The summed E-state index contributed by atoms with van der Waals surface area (Å²) in [6.45, 7) is 0. The van der Waals surface area contributed by atoms with Crippen molar-refractivity contribution in [1.29, 1.82) is 5.26 Å². The first kappa shape index (κ1) is 18.0. The van der Waals surface area contributed by atoms with E-state index >= 15 is 0 Å². The molecule has 0 fully saturated rings. The number of nitrogens with zero attached hydrogens (tertiary/aromatic N) is 1. The van der Waals surface area contributed by atoms with Crippen LogP contribution in [0.5, 0.6) is 0 Å². The van der Waals surface area contributed by atoms with Gasteiger partial charge in [-0.1, -0.05) is 36.4 Å². The normalized spacial score (nSPS) is 12.2. The average molecular weight is 343 g/mol. The van der Waals surface area contributed by atoms with Crippen molar-refractivity contribution in [3.05, 3.63) is 89.0 Å². The topological polar surface area (TPSA) is 61.1 Å². The van der Waals surface area contributed by atoms with E-state index in [1.165, 1.54) is 24.3 Å². The van der Waals surface area contributed by atoms with Crippen LogP contribution >= 0.6 is 0 Å². The Bertz CT molecular complexity index is 856. The van der Waals surface area contributed by atoms with Crippen LogP contribution in [0.4, 0.5) is 13.2 Å². The van der Waals surface area contributed by atoms with Crippen LogP contribution in [0.25, 0.3) is 5.57 Å². The number of alkyl halides is 3. The fraction of sp³-hybridized carbons (Fsp3) is 0.0526. The maximum Gasteiger partial charge on any atom is 0.416 e. The predicted molar refractivity (Wildman–Crippen MR) is 86.5 cm³/mol. The Hall–Kier alpha value is -3.33. The van der Waals surface area contributed by atoms with E-state index in [2.05, 4.69) is 0 Å². The Morgan fingerprint density at radius 1 is 1.00 bits per heavy atom. The van der Waals surface area contributed by atoms with Gasteiger partial charge < -0.3 is 5.11 Å². The van der Waals surface area contributed by atoms with Crippen molar-refractivity contribution < 1.29 is 23.1 Å². The van der Waals surface area contributed by atoms with Gasteiger partial charge in [0.15, 0.2) is 0 Å². The lowest BCUT2D eigenvalue weighted by molar-refractivity contribution is -0.137. The lowest BCUT2D eigenvalue weighted by Gasteiger charge is -2.11. The maximum absolute atomic E-state index is 12.7. The van der Waals surface area contributed by atoms with Crippen molar-refractivity contribution in [3.8, 4) is 6.07 Å². The highest BCUT2D eigenvalue weighted by Gasteiger charge is 2.30. The lowest BCUT2D eigenvalue weighted by Crippen LogP contribution is -2.04. The van der Waals surface area contributed by atoms with Gasteiger partial charge in [-0.25, -0.2) is 4.79 Å². The van der Waals surface area contributed by atoms with E-state index in [0.717, 1.165) is 18.2 Å².